The Morgan fingerprint density at radius 3 is 2.62 bits per heavy atom. The molecule has 0 saturated heterocycles. The zero-order valence-corrected chi connectivity index (χ0v) is 12.6. The summed E-state index contributed by atoms with van der Waals surface area (Å²) in [4.78, 5) is 15.2. The number of carboxylic acids is 1. The van der Waals surface area contributed by atoms with Gasteiger partial charge in [0.15, 0.2) is 0 Å². The fourth-order valence-corrected chi connectivity index (χ4v) is 3.39. The van der Waals surface area contributed by atoms with E-state index in [2.05, 4.69) is 9.36 Å². The van der Waals surface area contributed by atoms with E-state index in [4.69, 9.17) is 16.7 Å². The fourth-order valence-electron chi connectivity index (χ4n) is 1.41. The van der Waals surface area contributed by atoms with E-state index in [1.54, 1.807) is 6.92 Å². The van der Waals surface area contributed by atoms with Gasteiger partial charge >= 0.3 is 12.1 Å². The average Bonchev–Trinajstić information content (AvgIpc) is 2.71. The topological polar surface area (TPSA) is 63.1 Å². The maximum absolute atomic E-state index is 12.5. The standard InChI is InChI=1S/C11H6ClF3N2O2S2/c1-4-7(10(18)19)9(17-21-4)20-8-6(12)2-5(3-16-8)11(13,14)15/h2-3H,1H3,(H,18,19). The quantitative estimate of drug-likeness (QED) is 0.886. The molecule has 0 aliphatic rings. The molecule has 112 valence electrons. The number of carbonyl (C=O) groups is 1. The van der Waals surface area contributed by atoms with Crippen molar-refractivity contribution >= 4 is 40.9 Å². The lowest BCUT2D eigenvalue weighted by molar-refractivity contribution is -0.137. The van der Waals surface area contributed by atoms with Crippen molar-refractivity contribution in [2.45, 2.75) is 23.2 Å². The van der Waals surface area contributed by atoms with Crippen LogP contribution in [-0.2, 0) is 6.18 Å². The number of aryl methyl sites for hydroxylation is 1. The van der Waals surface area contributed by atoms with Crippen LogP contribution >= 0.6 is 34.9 Å². The third-order valence-corrected chi connectivity index (χ3v) is 4.65. The number of alkyl halides is 3. The van der Waals surface area contributed by atoms with Crippen molar-refractivity contribution in [2.75, 3.05) is 0 Å². The number of rotatable bonds is 3. The molecule has 21 heavy (non-hydrogen) atoms. The summed E-state index contributed by atoms with van der Waals surface area (Å²) in [7, 11) is 0. The zero-order valence-electron chi connectivity index (χ0n) is 10.2. The van der Waals surface area contributed by atoms with Gasteiger partial charge in [-0.2, -0.15) is 17.5 Å². The summed E-state index contributed by atoms with van der Waals surface area (Å²) >= 11 is 7.58. The van der Waals surface area contributed by atoms with Crippen LogP contribution in [0.1, 0.15) is 20.8 Å². The van der Waals surface area contributed by atoms with E-state index in [1.807, 2.05) is 0 Å². The highest BCUT2D eigenvalue weighted by Crippen LogP contribution is 2.38. The Kier molecular flexibility index (Phi) is 4.45. The van der Waals surface area contributed by atoms with Crippen LogP contribution in [0.25, 0.3) is 0 Å². The molecule has 0 aromatic carbocycles. The van der Waals surface area contributed by atoms with Gasteiger partial charge in [-0.1, -0.05) is 11.6 Å². The second kappa shape index (κ2) is 5.82. The van der Waals surface area contributed by atoms with Gasteiger partial charge in [-0.3, -0.25) is 0 Å². The molecule has 0 aliphatic heterocycles. The molecular weight excluding hydrogens is 349 g/mol. The first kappa shape index (κ1) is 16.1. The van der Waals surface area contributed by atoms with Crippen molar-refractivity contribution in [3.8, 4) is 0 Å². The van der Waals surface area contributed by atoms with Crippen molar-refractivity contribution in [1.29, 1.82) is 0 Å². The minimum Gasteiger partial charge on any atom is -0.478 e. The third-order valence-electron chi connectivity index (χ3n) is 2.37. The van der Waals surface area contributed by atoms with Gasteiger partial charge in [0.1, 0.15) is 15.6 Å². The SMILES string of the molecule is Cc1snc(Sc2ncc(C(F)(F)F)cc2Cl)c1C(=O)O. The van der Waals surface area contributed by atoms with Gasteiger partial charge in [0.2, 0.25) is 0 Å². The van der Waals surface area contributed by atoms with E-state index >= 15 is 0 Å². The Bertz CT molecular complexity index is 703. The molecular formula is C11H6ClF3N2O2S2. The fraction of sp³-hybridized carbons (Fsp3) is 0.182. The van der Waals surface area contributed by atoms with Crippen LogP contribution in [0, 0.1) is 6.92 Å². The Balaban J connectivity index is 2.35. The molecule has 2 aromatic heterocycles. The molecule has 0 radical (unpaired) electrons. The van der Waals surface area contributed by atoms with Crippen LogP contribution in [0.4, 0.5) is 13.2 Å². The number of hydrogen-bond acceptors (Lipinski definition) is 5. The van der Waals surface area contributed by atoms with Crippen LogP contribution in [0.2, 0.25) is 5.02 Å². The van der Waals surface area contributed by atoms with Gasteiger partial charge in [-0.15, -0.1) is 0 Å². The molecule has 2 heterocycles. The van der Waals surface area contributed by atoms with E-state index in [-0.39, 0.29) is 20.6 Å². The Hall–Kier alpha value is -1.32. The highest BCUT2D eigenvalue weighted by atomic mass is 35.5. The van der Waals surface area contributed by atoms with Crippen LogP contribution in [0.15, 0.2) is 22.3 Å². The summed E-state index contributed by atoms with van der Waals surface area (Å²) in [5.41, 5.74) is -0.965. The minimum atomic E-state index is -4.54. The molecule has 0 fully saturated rings. The molecule has 0 unspecified atom stereocenters. The number of carboxylic acid groups (broad SMARTS) is 1. The van der Waals surface area contributed by atoms with Crippen molar-refractivity contribution in [3.63, 3.8) is 0 Å². The van der Waals surface area contributed by atoms with Gasteiger partial charge < -0.3 is 5.11 Å². The van der Waals surface area contributed by atoms with Gasteiger partial charge in [0.05, 0.1) is 10.6 Å². The second-order valence-electron chi connectivity index (χ2n) is 3.83. The normalized spacial score (nSPS) is 11.7. The zero-order chi connectivity index (χ0) is 15.8. The van der Waals surface area contributed by atoms with E-state index < -0.39 is 17.7 Å². The molecule has 0 amide bonds. The lowest BCUT2D eigenvalue weighted by Gasteiger charge is -2.08. The van der Waals surface area contributed by atoms with Crippen molar-refractivity contribution in [1.82, 2.24) is 9.36 Å². The first-order valence-electron chi connectivity index (χ1n) is 5.30. The van der Waals surface area contributed by atoms with E-state index in [1.165, 1.54) is 0 Å². The molecule has 4 nitrogen and oxygen atoms in total. The van der Waals surface area contributed by atoms with E-state index in [0.29, 0.717) is 11.1 Å². The smallest absolute Gasteiger partial charge is 0.417 e. The van der Waals surface area contributed by atoms with E-state index in [0.717, 1.165) is 29.4 Å². The Morgan fingerprint density at radius 1 is 1.43 bits per heavy atom. The number of aromatic carboxylic acids is 1. The highest BCUT2D eigenvalue weighted by Gasteiger charge is 2.32. The molecule has 10 heteroatoms. The summed E-state index contributed by atoms with van der Waals surface area (Å²) in [6, 6.07) is 0.747. The summed E-state index contributed by atoms with van der Waals surface area (Å²) < 4.78 is 41.5. The number of aromatic nitrogens is 2. The molecule has 0 atom stereocenters. The van der Waals surface area contributed by atoms with Crippen molar-refractivity contribution in [2.24, 2.45) is 0 Å². The second-order valence-corrected chi connectivity index (χ2v) is 6.20. The summed E-state index contributed by atoms with van der Waals surface area (Å²) in [6.07, 6.45) is -3.89. The predicted octanol–water partition coefficient (Wildman–Crippen LogP) is 4.37. The Morgan fingerprint density at radius 2 is 2.10 bits per heavy atom. The maximum atomic E-state index is 12.5. The number of hydrogen-bond donors (Lipinski definition) is 1. The monoisotopic (exact) mass is 354 g/mol. The molecule has 0 saturated carbocycles. The molecule has 0 spiro atoms. The number of nitrogens with zero attached hydrogens (tertiary/aromatic N) is 2. The summed E-state index contributed by atoms with van der Waals surface area (Å²) in [5.74, 6) is -1.16. The van der Waals surface area contributed by atoms with Gasteiger partial charge in [0, 0.05) is 11.1 Å². The van der Waals surface area contributed by atoms with Gasteiger partial charge in [-0.25, -0.2) is 9.78 Å². The van der Waals surface area contributed by atoms with Crippen LogP contribution < -0.4 is 0 Å². The average molecular weight is 355 g/mol. The van der Waals surface area contributed by atoms with Gasteiger partial charge in [0.25, 0.3) is 0 Å². The minimum absolute atomic E-state index is 0.00256. The number of halogens is 4. The molecule has 0 bridgehead atoms. The third kappa shape index (κ3) is 3.47. The van der Waals surface area contributed by atoms with Crippen LogP contribution in [0.5, 0.6) is 0 Å². The molecule has 0 aliphatic carbocycles. The first-order valence-corrected chi connectivity index (χ1v) is 7.27. The van der Waals surface area contributed by atoms with E-state index in [9.17, 15) is 18.0 Å². The predicted molar refractivity (Wildman–Crippen MR) is 72.2 cm³/mol. The van der Waals surface area contributed by atoms with Crippen molar-refractivity contribution < 1.29 is 23.1 Å². The lowest BCUT2D eigenvalue weighted by atomic mass is 10.3. The number of pyridine rings is 1. The van der Waals surface area contributed by atoms with Crippen LogP contribution in [-0.4, -0.2) is 20.4 Å². The maximum Gasteiger partial charge on any atom is 0.417 e. The first-order chi connectivity index (χ1) is 9.70. The van der Waals surface area contributed by atoms with Crippen molar-refractivity contribution in [3.05, 3.63) is 33.3 Å². The molecule has 2 rings (SSSR count). The largest absolute Gasteiger partial charge is 0.478 e. The van der Waals surface area contributed by atoms with Crippen LogP contribution in [0.3, 0.4) is 0 Å². The highest BCUT2D eigenvalue weighted by molar-refractivity contribution is 7.99. The summed E-state index contributed by atoms with van der Waals surface area (Å²) in [5, 5.41) is 9.09. The Labute approximate surface area is 130 Å². The molecule has 2 aromatic rings. The molecule has 1 N–H and O–H groups in total. The summed E-state index contributed by atoms with van der Waals surface area (Å²) in [6.45, 7) is 1.59. The lowest BCUT2D eigenvalue weighted by Crippen LogP contribution is -2.05. The van der Waals surface area contributed by atoms with Gasteiger partial charge in [-0.05, 0) is 36.3 Å².